The summed E-state index contributed by atoms with van der Waals surface area (Å²) in [5, 5.41) is 6.14. The number of rotatable bonds is 6. The predicted octanol–water partition coefficient (Wildman–Crippen LogP) is 4.01. The van der Waals surface area contributed by atoms with Gasteiger partial charge < -0.3 is 9.47 Å². The molecule has 0 spiro atoms. The van der Waals surface area contributed by atoms with Crippen LogP contribution in [0, 0.1) is 0 Å². The summed E-state index contributed by atoms with van der Waals surface area (Å²) in [6.07, 6.45) is 1.87. The van der Waals surface area contributed by atoms with Crippen LogP contribution in [0.25, 0.3) is 0 Å². The number of hydrazone groups is 1. The maximum Gasteiger partial charge on any atom is 0.586 e. The summed E-state index contributed by atoms with van der Waals surface area (Å²) in [5.41, 5.74) is 1.74. The van der Waals surface area contributed by atoms with Crippen molar-refractivity contribution in [1.29, 1.82) is 0 Å². The van der Waals surface area contributed by atoms with Gasteiger partial charge in [0, 0.05) is 25.2 Å². The first-order chi connectivity index (χ1) is 14.5. The Morgan fingerprint density at radius 1 is 1.23 bits per heavy atom. The summed E-state index contributed by atoms with van der Waals surface area (Å²) in [5.74, 6) is -0.290. The van der Waals surface area contributed by atoms with E-state index in [1.54, 1.807) is 36.5 Å². The summed E-state index contributed by atoms with van der Waals surface area (Å²) in [4.78, 5) is 17.0. The Labute approximate surface area is 172 Å². The molecule has 1 unspecified atom stereocenters. The molecule has 0 bridgehead atoms. The number of ketones is 1. The monoisotopic (exact) mass is 411 g/mol. The second-order valence-electron chi connectivity index (χ2n) is 6.72. The Morgan fingerprint density at radius 3 is 2.80 bits per heavy atom. The van der Waals surface area contributed by atoms with Crippen LogP contribution in [0.3, 0.4) is 0 Å². The summed E-state index contributed by atoms with van der Waals surface area (Å²) in [7, 11) is 1.57. The number of anilines is 1. The number of nitrogens with zero attached hydrogens (tertiary/aromatic N) is 3. The van der Waals surface area contributed by atoms with Crippen LogP contribution in [0.2, 0.25) is 0 Å². The van der Waals surface area contributed by atoms with E-state index < -0.39 is 6.29 Å². The first-order valence-corrected chi connectivity index (χ1v) is 9.40. The largest absolute Gasteiger partial charge is 0.586 e. The molecule has 0 aromatic heterocycles. The normalized spacial score (nSPS) is 19.6. The van der Waals surface area contributed by atoms with E-state index >= 15 is 0 Å². The number of para-hydroxylation sites is 2. The minimum atomic E-state index is -3.68. The first-order valence-electron chi connectivity index (χ1n) is 9.40. The highest BCUT2D eigenvalue weighted by Crippen LogP contribution is 2.43. The summed E-state index contributed by atoms with van der Waals surface area (Å²) in [6.45, 7) is 0. The molecule has 154 valence electrons. The zero-order valence-corrected chi connectivity index (χ0v) is 16.2. The lowest BCUT2D eigenvalue weighted by atomic mass is 10.0. The SMILES string of the molecule is C/N=C(\C(=O)/C=C\Cc1cccc2c1OC(F)(F)O2)C1CC=NN1c1ccccc1. The Kier molecular flexibility index (Phi) is 5.31. The van der Waals surface area contributed by atoms with Gasteiger partial charge in [-0.25, -0.2) is 0 Å². The number of aliphatic imine (C=N–C) groups is 1. The third kappa shape index (κ3) is 3.94. The second kappa shape index (κ2) is 8.06. The van der Waals surface area contributed by atoms with Gasteiger partial charge in [-0.05, 0) is 30.7 Å². The number of hydrogen-bond donors (Lipinski definition) is 0. The third-order valence-electron chi connectivity index (χ3n) is 4.78. The molecule has 2 aromatic carbocycles. The first kappa shape index (κ1) is 19.8. The zero-order chi connectivity index (χ0) is 21.1. The highest BCUT2D eigenvalue weighted by atomic mass is 19.3. The molecule has 4 rings (SSSR count). The predicted molar refractivity (Wildman–Crippen MR) is 110 cm³/mol. The molecule has 2 aliphatic rings. The van der Waals surface area contributed by atoms with Gasteiger partial charge >= 0.3 is 6.29 Å². The Balaban J connectivity index is 1.46. The quantitative estimate of drug-likeness (QED) is 0.532. The molecule has 2 aromatic rings. The number of carbonyl (C=O) groups is 1. The Hall–Kier alpha value is -3.55. The van der Waals surface area contributed by atoms with E-state index in [2.05, 4.69) is 19.6 Å². The van der Waals surface area contributed by atoms with Crippen LogP contribution in [0.4, 0.5) is 14.5 Å². The van der Waals surface area contributed by atoms with Crippen molar-refractivity contribution in [3.8, 4) is 11.5 Å². The minimum absolute atomic E-state index is 0.0107. The van der Waals surface area contributed by atoms with E-state index in [0.29, 0.717) is 17.7 Å². The summed E-state index contributed by atoms with van der Waals surface area (Å²) >= 11 is 0. The molecule has 0 aliphatic carbocycles. The maximum atomic E-state index is 13.3. The van der Waals surface area contributed by atoms with Crippen LogP contribution in [-0.4, -0.2) is 37.1 Å². The van der Waals surface area contributed by atoms with E-state index in [9.17, 15) is 13.6 Å². The van der Waals surface area contributed by atoms with Gasteiger partial charge in [-0.15, -0.1) is 8.78 Å². The summed E-state index contributed by atoms with van der Waals surface area (Å²) < 4.78 is 35.7. The van der Waals surface area contributed by atoms with Crippen LogP contribution >= 0.6 is 0 Å². The van der Waals surface area contributed by atoms with E-state index in [-0.39, 0.29) is 29.7 Å². The standard InChI is InChI=1S/C22H19F2N3O3/c1-25-20(17-13-14-26-27(17)16-9-3-2-4-10-16)18(28)11-5-7-15-8-6-12-19-21(15)30-22(23,24)29-19/h2-6,8-12,14,17H,7,13H2,1H3/b11-5-,25-20-. The molecule has 0 N–H and O–H groups in total. The fourth-order valence-corrected chi connectivity index (χ4v) is 3.46. The lowest BCUT2D eigenvalue weighted by Gasteiger charge is -2.24. The molecule has 2 aliphatic heterocycles. The topological polar surface area (TPSA) is 63.5 Å². The minimum Gasteiger partial charge on any atom is -0.395 e. The molecule has 0 radical (unpaired) electrons. The molecular weight excluding hydrogens is 392 g/mol. The number of alkyl halides is 2. The van der Waals surface area contributed by atoms with E-state index in [1.165, 1.54) is 12.1 Å². The number of benzene rings is 2. The molecule has 0 fully saturated rings. The van der Waals surface area contributed by atoms with Crippen molar-refractivity contribution in [2.75, 3.05) is 12.1 Å². The number of carbonyl (C=O) groups excluding carboxylic acids is 1. The smallest absolute Gasteiger partial charge is 0.395 e. The maximum absolute atomic E-state index is 13.3. The van der Waals surface area contributed by atoms with Gasteiger partial charge in [0.05, 0.1) is 5.69 Å². The van der Waals surface area contributed by atoms with Crippen molar-refractivity contribution in [1.82, 2.24) is 0 Å². The van der Waals surface area contributed by atoms with Crippen LogP contribution < -0.4 is 14.5 Å². The van der Waals surface area contributed by atoms with Gasteiger partial charge in [0.25, 0.3) is 0 Å². The second-order valence-corrected chi connectivity index (χ2v) is 6.72. The Bertz CT molecular complexity index is 1040. The lowest BCUT2D eigenvalue weighted by molar-refractivity contribution is -0.286. The van der Waals surface area contributed by atoms with Gasteiger partial charge in [0.15, 0.2) is 11.5 Å². The van der Waals surface area contributed by atoms with Gasteiger partial charge in [-0.2, -0.15) is 5.10 Å². The summed E-state index contributed by atoms with van der Waals surface area (Å²) in [6, 6.07) is 13.9. The van der Waals surface area contributed by atoms with Crippen molar-refractivity contribution in [3.63, 3.8) is 0 Å². The Morgan fingerprint density at radius 2 is 2.03 bits per heavy atom. The van der Waals surface area contributed by atoms with E-state index in [0.717, 1.165) is 5.69 Å². The highest BCUT2D eigenvalue weighted by Gasteiger charge is 2.44. The lowest BCUT2D eigenvalue weighted by Crippen LogP contribution is -2.38. The van der Waals surface area contributed by atoms with Gasteiger partial charge in [-0.3, -0.25) is 14.8 Å². The van der Waals surface area contributed by atoms with Crippen molar-refractivity contribution in [2.45, 2.75) is 25.2 Å². The third-order valence-corrected chi connectivity index (χ3v) is 4.78. The molecule has 1 atom stereocenters. The molecule has 30 heavy (non-hydrogen) atoms. The molecule has 8 heteroatoms. The molecular formula is C22H19F2N3O3. The van der Waals surface area contributed by atoms with E-state index in [1.807, 2.05) is 30.3 Å². The average molecular weight is 411 g/mol. The van der Waals surface area contributed by atoms with Crippen molar-refractivity contribution in [3.05, 3.63) is 66.2 Å². The van der Waals surface area contributed by atoms with Gasteiger partial charge in [0.2, 0.25) is 5.78 Å². The molecule has 2 heterocycles. The molecule has 0 saturated carbocycles. The number of ether oxygens (including phenoxy) is 2. The molecule has 6 nitrogen and oxygen atoms in total. The molecule has 0 saturated heterocycles. The van der Waals surface area contributed by atoms with Crippen LogP contribution in [0.15, 0.2) is 70.8 Å². The fraction of sp³-hybridized carbons (Fsp3) is 0.227. The van der Waals surface area contributed by atoms with Crippen molar-refractivity contribution >= 4 is 23.4 Å². The number of hydrogen-bond acceptors (Lipinski definition) is 6. The van der Waals surface area contributed by atoms with Gasteiger partial charge in [-0.1, -0.05) is 36.4 Å². The highest BCUT2D eigenvalue weighted by molar-refractivity contribution is 6.46. The van der Waals surface area contributed by atoms with Gasteiger partial charge in [0.1, 0.15) is 11.8 Å². The number of halogens is 2. The van der Waals surface area contributed by atoms with Crippen molar-refractivity contribution < 1.29 is 23.0 Å². The zero-order valence-electron chi connectivity index (χ0n) is 16.2. The van der Waals surface area contributed by atoms with Crippen LogP contribution in [-0.2, 0) is 11.2 Å². The number of allylic oxidation sites excluding steroid dienone is 2. The number of fused-ring (bicyclic) bond motifs is 1. The van der Waals surface area contributed by atoms with Crippen LogP contribution in [0.1, 0.15) is 12.0 Å². The molecule has 0 amide bonds. The van der Waals surface area contributed by atoms with E-state index in [4.69, 9.17) is 0 Å². The van der Waals surface area contributed by atoms with Crippen LogP contribution in [0.5, 0.6) is 11.5 Å². The fourth-order valence-electron chi connectivity index (χ4n) is 3.46. The van der Waals surface area contributed by atoms with Crippen molar-refractivity contribution in [2.24, 2.45) is 10.1 Å². The average Bonchev–Trinajstić information content (AvgIpc) is 3.33.